The van der Waals surface area contributed by atoms with Crippen molar-refractivity contribution in [3.63, 3.8) is 0 Å². The molecule has 1 fully saturated rings. The van der Waals surface area contributed by atoms with E-state index in [1.807, 2.05) is 32.9 Å². The van der Waals surface area contributed by atoms with Crippen molar-refractivity contribution in [2.75, 3.05) is 6.61 Å². The molecular weight excluding hydrogens is 318 g/mol. The van der Waals surface area contributed by atoms with Crippen molar-refractivity contribution in [1.29, 1.82) is 0 Å². The summed E-state index contributed by atoms with van der Waals surface area (Å²) in [4.78, 5) is 23.7. The van der Waals surface area contributed by atoms with Gasteiger partial charge in [-0.2, -0.15) is 0 Å². The highest BCUT2D eigenvalue weighted by molar-refractivity contribution is 5.81. The first-order valence-corrected chi connectivity index (χ1v) is 8.93. The van der Waals surface area contributed by atoms with E-state index in [4.69, 9.17) is 10.5 Å². The molecule has 0 radical (unpaired) electrons. The number of benzene rings is 1. The molecule has 2 amide bonds. The van der Waals surface area contributed by atoms with Crippen molar-refractivity contribution in [3.8, 4) is 5.75 Å². The third-order valence-electron chi connectivity index (χ3n) is 4.11. The molecule has 0 aromatic heterocycles. The molecule has 25 heavy (non-hydrogen) atoms. The summed E-state index contributed by atoms with van der Waals surface area (Å²) in [5, 5.41) is 5.81. The lowest BCUT2D eigenvalue weighted by molar-refractivity contribution is -0.124. The van der Waals surface area contributed by atoms with Gasteiger partial charge in [-0.05, 0) is 49.8 Å². The van der Waals surface area contributed by atoms with E-state index in [1.54, 1.807) is 12.1 Å². The normalized spacial score (nSPS) is 16.2. The Kier molecular flexibility index (Phi) is 6.82. The van der Waals surface area contributed by atoms with Crippen molar-refractivity contribution in [3.05, 3.63) is 29.8 Å². The first-order chi connectivity index (χ1) is 11.8. The number of carbonyl (C=O) groups excluding carboxylic acids is 2. The molecular formula is C19H29N3O3. The van der Waals surface area contributed by atoms with Crippen molar-refractivity contribution in [2.45, 2.75) is 58.2 Å². The van der Waals surface area contributed by atoms with Crippen molar-refractivity contribution in [2.24, 2.45) is 11.7 Å². The zero-order valence-corrected chi connectivity index (χ0v) is 15.2. The molecule has 1 unspecified atom stereocenters. The average Bonchev–Trinajstić information content (AvgIpc) is 3.36. The quantitative estimate of drug-likeness (QED) is 0.636. The molecule has 1 aliphatic rings. The maximum absolute atomic E-state index is 12.1. The minimum absolute atomic E-state index is 0.0200. The van der Waals surface area contributed by atoms with Crippen molar-refractivity contribution in [1.82, 2.24) is 10.6 Å². The molecule has 0 bridgehead atoms. The molecule has 0 aliphatic heterocycles. The van der Waals surface area contributed by atoms with E-state index in [2.05, 4.69) is 10.6 Å². The van der Waals surface area contributed by atoms with E-state index in [1.165, 1.54) is 0 Å². The fourth-order valence-electron chi connectivity index (χ4n) is 2.52. The van der Waals surface area contributed by atoms with Crippen LogP contribution in [-0.2, 0) is 9.59 Å². The third-order valence-corrected chi connectivity index (χ3v) is 4.11. The lowest BCUT2D eigenvalue weighted by atomic mass is 10.0. The lowest BCUT2D eigenvalue weighted by Gasteiger charge is -2.19. The molecule has 1 aromatic rings. The van der Waals surface area contributed by atoms with Crippen LogP contribution >= 0.6 is 0 Å². The predicted molar refractivity (Wildman–Crippen MR) is 97.1 cm³/mol. The summed E-state index contributed by atoms with van der Waals surface area (Å²) in [6.45, 7) is 6.02. The largest absolute Gasteiger partial charge is 0.484 e. The fourth-order valence-corrected chi connectivity index (χ4v) is 2.52. The molecule has 6 heteroatoms. The Morgan fingerprint density at radius 3 is 2.40 bits per heavy atom. The van der Waals surface area contributed by atoms with Crippen molar-refractivity contribution < 1.29 is 14.3 Å². The van der Waals surface area contributed by atoms with Gasteiger partial charge in [0.1, 0.15) is 5.75 Å². The predicted octanol–water partition coefficient (Wildman–Crippen LogP) is 1.89. The first kappa shape index (κ1) is 19.2. The van der Waals surface area contributed by atoms with Gasteiger partial charge in [0.2, 0.25) is 5.91 Å². The van der Waals surface area contributed by atoms with Crippen LogP contribution in [0.1, 0.15) is 51.6 Å². The summed E-state index contributed by atoms with van der Waals surface area (Å²) < 4.78 is 5.47. The second-order valence-electron chi connectivity index (χ2n) is 7.17. The van der Waals surface area contributed by atoms with Crippen LogP contribution in [0.25, 0.3) is 0 Å². The van der Waals surface area contributed by atoms with Gasteiger partial charge in [0.25, 0.3) is 5.91 Å². The van der Waals surface area contributed by atoms with E-state index >= 15 is 0 Å². The molecule has 0 heterocycles. The Labute approximate surface area is 149 Å². The SMILES string of the molecule is CC(C)C[C@H](N)C(=O)NC(C)c1ccc(OCC(=O)NC2CC2)cc1. The monoisotopic (exact) mass is 347 g/mol. The van der Waals surface area contributed by atoms with Crippen LogP contribution < -0.4 is 21.1 Å². The van der Waals surface area contributed by atoms with Gasteiger partial charge in [-0.3, -0.25) is 9.59 Å². The third kappa shape index (κ3) is 6.74. The molecule has 0 saturated heterocycles. The fraction of sp³-hybridized carbons (Fsp3) is 0.579. The first-order valence-electron chi connectivity index (χ1n) is 8.93. The number of amides is 2. The Bertz CT molecular complexity index is 582. The second-order valence-corrected chi connectivity index (χ2v) is 7.17. The van der Waals surface area contributed by atoms with E-state index in [9.17, 15) is 9.59 Å². The lowest BCUT2D eigenvalue weighted by Crippen LogP contribution is -2.42. The van der Waals surface area contributed by atoms with Gasteiger partial charge in [0.05, 0.1) is 12.1 Å². The zero-order chi connectivity index (χ0) is 18.4. The van der Waals surface area contributed by atoms with Gasteiger partial charge < -0.3 is 21.1 Å². The van der Waals surface area contributed by atoms with Crippen LogP contribution in [0, 0.1) is 5.92 Å². The molecule has 1 aromatic carbocycles. The summed E-state index contributed by atoms with van der Waals surface area (Å²) in [5.41, 5.74) is 6.86. The van der Waals surface area contributed by atoms with Crippen LogP contribution in [-0.4, -0.2) is 30.5 Å². The second kappa shape index (κ2) is 8.85. The highest BCUT2D eigenvalue weighted by Gasteiger charge is 2.23. The number of rotatable bonds is 9. The maximum atomic E-state index is 12.1. The van der Waals surface area contributed by atoms with Crippen LogP contribution in [0.2, 0.25) is 0 Å². The summed E-state index contributed by atoms with van der Waals surface area (Å²) >= 11 is 0. The molecule has 0 spiro atoms. The average molecular weight is 347 g/mol. The zero-order valence-electron chi connectivity index (χ0n) is 15.2. The highest BCUT2D eigenvalue weighted by Crippen LogP contribution is 2.19. The van der Waals surface area contributed by atoms with Gasteiger partial charge >= 0.3 is 0 Å². The van der Waals surface area contributed by atoms with Crippen LogP contribution in [0.4, 0.5) is 0 Å². The molecule has 6 nitrogen and oxygen atoms in total. The Hall–Kier alpha value is -2.08. The van der Waals surface area contributed by atoms with Crippen LogP contribution in [0.15, 0.2) is 24.3 Å². The highest BCUT2D eigenvalue weighted by atomic mass is 16.5. The van der Waals surface area contributed by atoms with E-state index in [0.717, 1.165) is 18.4 Å². The number of hydrogen-bond acceptors (Lipinski definition) is 4. The van der Waals surface area contributed by atoms with Crippen molar-refractivity contribution >= 4 is 11.8 Å². The molecule has 1 aliphatic carbocycles. The topological polar surface area (TPSA) is 93.5 Å². The van der Waals surface area contributed by atoms with Gasteiger partial charge in [0, 0.05) is 6.04 Å². The molecule has 138 valence electrons. The summed E-state index contributed by atoms with van der Waals surface area (Å²) in [6, 6.07) is 7.07. The summed E-state index contributed by atoms with van der Waals surface area (Å²) in [6.07, 6.45) is 2.78. The molecule has 1 saturated carbocycles. The summed E-state index contributed by atoms with van der Waals surface area (Å²) in [7, 11) is 0. The Morgan fingerprint density at radius 1 is 1.20 bits per heavy atom. The minimum Gasteiger partial charge on any atom is -0.484 e. The molecule has 2 rings (SSSR count). The van der Waals surface area contributed by atoms with Gasteiger partial charge in [-0.15, -0.1) is 0 Å². The Balaban J connectivity index is 1.79. The maximum Gasteiger partial charge on any atom is 0.258 e. The number of nitrogens with one attached hydrogen (secondary N) is 2. The Morgan fingerprint density at radius 2 is 1.84 bits per heavy atom. The van der Waals surface area contributed by atoms with Gasteiger partial charge in [-0.25, -0.2) is 0 Å². The van der Waals surface area contributed by atoms with E-state index < -0.39 is 6.04 Å². The van der Waals surface area contributed by atoms with Crippen LogP contribution in [0.3, 0.4) is 0 Å². The number of nitrogens with two attached hydrogens (primary N) is 1. The van der Waals surface area contributed by atoms with E-state index in [-0.39, 0.29) is 24.5 Å². The number of carbonyl (C=O) groups is 2. The van der Waals surface area contributed by atoms with Gasteiger partial charge in [-0.1, -0.05) is 26.0 Å². The number of ether oxygens (including phenoxy) is 1. The smallest absolute Gasteiger partial charge is 0.258 e. The van der Waals surface area contributed by atoms with E-state index in [0.29, 0.717) is 24.1 Å². The number of hydrogen-bond donors (Lipinski definition) is 3. The standard InChI is InChI=1S/C19H29N3O3/c1-12(2)10-17(20)19(24)21-13(3)14-4-8-16(9-5-14)25-11-18(23)22-15-6-7-15/h4-5,8-9,12-13,15,17H,6-7,10-11,20H2,1-3H3,(H,21,24)(H,22,23)/t13?,17-/m0/s1. The molecule has 4 N–H and O–H groups in total. The summed E-state index contributed by atoms with van der Waals surface area (Å²) in [5.74, 6) is 0.777. The minimum atomic E-state index is -0.491. The van der Waals surface area contributed by atoms with Crippen LogP contribution in [0.5, 0.6) is 5.75 Å². The van der Waals surface area contributed by atoms with Gasteiger partial charge in [0.15, 0.2) is 6.61 Å². The molecule has 2 atom stereocenters.